The molecule has 1 heterocycles. The Morgan fingerprint density at radius 1 is 1.53 bits per heavy atom. The second-order valence-corrected chi connectivity index (χ2v) is 4.42. The Labute approximate surface area is 85.3 Å². The Bertz CT molecular complexity index is 412. The third kappa shape index (κ3) is 5.44. The molecule has 15 heavy (non-hydrogen) atoms. The van der Waals surface area contributed by atoms with Crippen molar-refractivity contribution < 1.29 is 19.1 Å². The van der Waals surface area contributed by atoms with Gasteiger partial charge < -0.3 is 19.5 Å². The van der Waals surface area contributed by atoms with E-state index in [0.29, 0.717) is 12.2 Å². The zero-order valence-corrected chi connectivity index (χ0v) is 8.68. The summed E-state index contributed by atoms with van der Waals surface area (Å²) in [4.78, 5) is 34.1. The predicted molar refractivity (Wildman–Crippen MR) is 51.4 cm³/mol. The van der Waals surface area contributed by atoms with Gasteiger partial charge in [0.15, 0.2) is 0 Å². The van der Waals surface area contributed by atoms with Crippen LogP contribution in [0.2, 0.25) is 0 Å². The Balaban J connectivity index is 2.32. The van der Waals surface area contributed by atoms with Crippen molar-refractivity contribution in [1.82, 2.24) is 9.97 Å². The molecule has 0 aliphatic heterocycles. The summed E-state index contributed by atoms with van der Waals surface area (Å²) in [6.07, 6.45) is 1.04. The van der Waals surface area contributed by atoms with E-state index < -0.39 is 13.9 Å². The summed E-state index contributed by atoms with van der Waals surface area (Å²) in [5, 5.41) is 0. The van der Waals surface area contributed by atoms with Crippen molar-refractivity contribution in [2.75, 3.05) is 13.0 Å². The average molecular weight is 234 g/mol. The van der Waals surface area contributed by atoms with Gasteiger partial charge in [0.05, 0.1) is 6.61 Å². The van der Waals surface area contributed by atoms with E-state index in [1.165, 1.54) is 12.3 Å². The number of hydrogen-bond acceptors (Lipinski definition) is 4. The fourth-order valence-electron chi connectivity index (χ4n) is 0.890. The van der Waals surface area contributed by atoms with Crippen molar-refractivity contribution in [2.45, 2.75) is 6.42 Å². The van der Waals surface area contributed by atoms with Gasteiger partial charge >= 0.3 is 7.60 Å². The van der Waals surface area contributed by atoms with Crippen molar-refractivity contribution in [1.29, 1.82) is 0 Å². The molecule has 1 aromatic heterocycles. The largest absolute Gasteiger partial charge is 0.368 e. The minimum atomic E-state index is -4.11. The first-order valence-electron chi connectivity index (χ1n) is 4.14. The smallest absolute Gasteiger partial charge is 0.350 e. The lowest BCUT2D eigenvalue weighted by atomic mass is 10.4. The van der Waals surface area contributed by atoms with Crippen LogP contribution in [0.3, 0.4) is 0 Å². The van der Waals surface area contributed by atoms with Crippen molar-refractivity contribution in [3.63, 3.8) is 0 Å². The molecule has 0 saturated heterocycles. The topological polar surface area (TPSA) is 113 Å². The minimum Gasteiger partial charge on any atom is -0.368 e. The van der Waals surface area contributed by atoms with E-state index in [1.807, 2.05) is 0 Å². The number of ether oxygens (including phenoxy) is 1. The number of H-pyrrole nitrogens is 1. The van der Waals surface area contributed by atoms with Crippen molar-refractivity contribution in [3.05, 3.63) is 28.4 Å². The monoisotopic (exact) mass is 234 g/mol. The first-order chi connectivity index (χ1) is 6.97. The third-order valence-electron chi connectivity index (χ3n) is 1.47. The highest BCUT2D eigenvalue weighted by Crippen LogP contribution is 2.33. The summed E-state index contributed by atoms with van der Waals surface area (Å²) in [5.41, 5.74) is -0.269. The van der Waals surface area contributed by atoms with E-state index in [9.17, 15) is 9.36 Å². The van der Waals surface area contributed by atoms with Crippen LogP contribution < -0.4 is 5.56 Å². The van der Waals surface area contributed by atoms with Gasteiger partial charge in [-0.2, -0.15) is 0 Å². The molecule has 0 radical (unpaired) electrons. The van der Waals surface area contributed by atoms with Gasteiger partial charge in [0.25, 0.3) is 5.56 Å². The molecular formula is C7H11N2O5P. The lowest BCUT2D eigenvalue weighted by Gasteiger charge is -2.04. The second-order valence-electron chi connectivity index (χ2n) is 2.83. The Morgan fingerprint density at radius 3 is 2.87 bits per heavy atom. The minimum absolute atomic E-state index is 0.0953. The maximum atomic E-state index is 10.8. The summed E-state index contributed by atoms with van der Waals surface area (Å²) < 4.78 is 15.1. The Kier molecular flexibility index (Phi) is 4.16. The molecule has 0 unspecified atom stereocenters. The Hall–Kier alpha value is -1.01. The molecule has 7 nitrogen and oxygen atoms in total. The van der Waals surface area contributed by atoms with Crippen LogP contribution in [0.4, 0.5) is 0 Å². The maximum Gasteiger partial charge on any atom is 0.350 e. The van der Waals surface area contributed by atoms with Crippen LogP contribution in [0.25, 0.3) is 0 Å². The number of nitrogens with zero attached hydrogens (tertiary/aromatic N) is 1. The molecular weight excluding hydrogens is 223 g/mol. The standard InChI is InChI=1S/C7H11N2O5P/c10-7-1-3-8-6(9-7)2-4-14-5-15(11,12)13/h1,3H,2,4-5H2,(H,8,9,10)(H2,11,12,13). The summed E-state index contributed by atoms with van der Waals surface area (Å²) in [6.45, 7) is 0.0953. The molecule has 1 aromatic rings. The van der Waals surface area contributed by atoms with Gasteiger partial charge in [-0.25, -0.2) is 4.98 Å². The van der Waals surface area contributed by atoms with E-state index in [4.69, 9.17) is 14.5 Å². The molecule has 0 atom stereocenters. The van der Waals surface area contributed by atoms with Crippen LogP contribution >= 0.6 is 7.60 Å². The molecule has 0 amide bonds. The molecule has 1 rings (SSSR count). The van der Waals surface area contributed by atoms with Gasteiger partial charge in [0.2, 0.25) is 0 Å². The van der Waals surface area contributed by atoms with Crippen LogP contribution in [-0.4, -0.2) is 32.7 Å². The average Bonchev–Trinajstić information content (AvgIpc) is 2.11. The predicted octanol–water partition coefficient (Wildman–Crippen LogP) is -0.536. The van der Waals surface area contributed by atoms with Gasteiger partial charge in [0.1, 0.15) is 12.2 Å². The van der Waals surface area contributed by atoms with Crippen LogP contribution in [0.1, 0.15) is 5.82 Å². The molecule has 0 aliphatic rings. The van der Waals surface area contributed by atoms with Crippen LogP contribution in [-0.2, 0) is 15.7 Å². The van der Waals surface area contributed by atoms with Gasteiger partial charge in [-0.15, -0.1) is 0 Å². The lowest BCUT2D eigenvalue weighted by Crippen LogP contribution is -2.11. The summed E-state index contributed by atoms with van der Waals surface area (Å²) >= 11 is 0. The van der Waals surface area contributed by atoms with Crippen LogP contribution in [0.5, 0.6) is 0 Å². The van der Waals surface area contributed by atoms with E-state index in [-0.39, 0.29) is 12.2 Å². The summed E-state index contributed by atoms with van der Waals surface area (Å²) in [6, 6.07) is 1.28. The number of aromatic nitrogens is 2. The molecule has 84 valence electrons. The molecule has 0 spiro atoms. The molecule has 0 saturated carbocycles. The van der Waals surface area contributed by atoms with Gasteiger partial charge in [-0.1, -0.05) is 0 Å². The van der Waals surface area contributed by atoms with Crippen LogP contribution in [0, 0.1) is 0 Å². The molecule has 0 fully saturated rings. The fourth-order valence-corrected chi connectivity index (χ4v) is 1.26. The highest BCUT2D eigenvalue weighted by atomic mass is 31.2. The Morgan fingerprint density at radius 2 is 2.27 bits per heavy atom. The molecule has 8 heteroatoms. The third-order valence-corrected chi connectivity index (χ3v) is 1.99. The first kappa shape index (κ1) is 12.1. The number of hydrogen-bond donors (Lipinski definition) is 3. The second kappa shape index (κ2) is 5.18. The van der Waals surface area contributed by atoms with E-state index in [0.717, 1.165) is 0 Å². The SMILES string of the molecule is O=c1ccnc(CCOCP(=O)(O)O)[nH]1. The van der Waals surface area contributed by atoms with E-state index >= 15 is 0 Å². The highest BCUT2D eigenvalue weighted by molar-refractivity contribution is 7.51. The number of aromatic amines is 1. The number of nitrogens with one attached hydrogen (secondary N) is 1. The highest BCUT2D eigenvalue weighted by Gasteiger charge is 2.12. The van der Waals surface area contributed by atoms with Gasteiger partial charge in [0, 0.05) is 18.7 Å². The van der Waals surface area contributed by atoms with Gasteiger partial charge in [-0.3, -0.25) is 9.36 Å². The summed E-state index contributed by atoms with van der Waals surface area (Å²) in [7, 11) is -4.11. The fraction of sp³-hybridized carbons (Fsp3) is 0.429. The summed E-state index contributed by atoms with van der Waals surface area (Å²) in [5.74, 6) is 0.424. The first-order valence-corrected chi connectivity index (χ1v) is 5.94. The normalized spacial score (nSPS) is 11.6. The molecule has 0 aliphatic carbocycles. The molecule has 3 N–H and O–H groups in total. The quantitative estimate of drug-likeness (QED) is 0.466. The van der Waals surface area contributed by atoms with Crippen LogP contribution in [0.15, 0.2) is 17.1 Å². The van der Waals surface area contributed by atoms with Gasteiger partial charge in [-0.05, 0) is 0 Å². The van der Waals surface area contributed by atoms with E-state index in [1.54, 1.807) is 0 Å². The molecule has 0 bridgehead atoms. The molecule has 0 aromatic carbocycles. The maximum absolute atomic E-state index is 10.8. The zero-order valence-electron chi connectivity index (χ0n) is 7.79. The van der Waals surface area contributed by atoms with Crippen molar-refractivity contribution in [3.8, 4) is 0 Å². The van der Waals surface area contributed by atoms with Crippen molar-refractivity contribution >= 4 is 7.60 Å². The zero-order chi connectivity index (χ0) is 11.3. The van der Waals surface area contributed by atoms with E-state index in [2.05, 4.69) is 9.97 Å². The van der Waals surface area contributed by atoms with Crippen molar-refractivity contribution in [2.24, 2.45) is 0 Å². The lowest BCUT2D eigenvalue weighted by molar-refractivity contribution is 0.158. The number of rotatable bonds is 5.